The standard InChI is InChI=1S/C29H23N5O2S/c30-15-19(28(36)33-29-24(16-31)23-11-5-7-13-26(23)37-29)14-20-17-34(25-12-6-4-10-22(20)25)18-27(35)32-21-8-2-1-3-9-21/h1-4,6,8-10,12,14,17H,5,7,11,13,18H2,(H,32,35)(H,33,36)/b19-14+. The molecule has 0 aliphatic heterocycles. The second-order valence-corrected chi connectivity index (χ2v) is 9.90. The lowest BCUT2D eigenvalue weighted by Gasteiger charge is -2.09. The van der Waals surface area contributed by atoms with Crippen LogP contribution >= 0.6 is 11.3 Å². The number of carbonyl (C=O) groups excluding carboxylic acids is 2. The Labute approximate surface area is 218 Å². The minimum atomic E-state index is -0.559. The molecule has 0 saturated carbocycles. The third-order valence-electron chi connectivity index (χ3n) is 6.37. The van der Waals surface area contributed by atoms with Crippen molar-refractivity contribution in [2.75, 3.05) is 10.6 Å². The van der Waals surface area contributed by atoms with Crippen LogP contribution < -0.4 is 10.6 Å². The number of benzene rings is 2. The zero-order valence-electron chi connectivity index (χ0n) is 20.0. The van der Waals surface area contributed by atoms with Crippen LogP contribution in [0.1, 0.15) is 34.4 Å². The maximum absolute atomic E-state index is 13.1. The highest BCUT2D eigenvalue weighted by molar-refractivity contribution is 7.16. The molecular formula is C29H23N5O2S. The molecule has 0 bridgehead atoms. The van der Waals surface area contributed by atoms with E-state index in [1.165, 1.54) is 17.4 Å². The van der Waals surface area contributed by atoms with Crippen molar-refractivity contribution in [2.24, 2.45) is 0 Å². The molecule has 4 aromatic rings. The molecule has 0 spiro atoms. The van der Waals surface area contributed by atoms with E-state index in [0.717, 1.165) is 47.0 Å². The van der Waals surface area contributed by atoms with Crippen molar-refractivity contribution < 1.29 is 9.59 Å². The van der Waals surface area contributed by atoms with Gasteiger partial charge in [0.05, 0.1) is 5.56 Å². The van der Waals surface area contributed by atoms with Crippen LogP contribution in [0.15, 0.2) is 66.4 Å². The first-order valence-corrected chi connectivity index (χ1v) is 12.8. The third-order valence-corrected chi connectivity index (χ3v) is 7.57. The van der Waals surface area contributed by atoms with Gasteiger partial charge >= 0.3 is 0 Å². The van der Waals surface area contributed by atoms with Crippen molar-refractivity contribution in [2.45, 2.75) is 32.2 Å². The third kappa shape index (κ3) is 5.02. The summed E-state index contributed by atoms with van der Waals surface area (Å²) in [4.78, 5) is 26.9. The van der Waals surface area contributed by atoms with Crippen LogP contribution in [0.2, 0.25) is 0 Å². The highest BCUT2D eigenvalue weighted by Crippen LogP contribution is 2.38. The van der Waals surface area contributed by atoms with E-state index in [1.54, 1.807) is 10.8 Å². The molecule has 1 aliphatic carbocycles. The summed E-state index contributed by atoms with van der Waals surface area (Å²) >= 11 is 1.42. The zero-order valence-corrected chi connectivity index (χ0v) is 20.8. The van der Waals surface area contributed by atoms with Crippen LogP contribution in [-0.2, 0) is 29.0 Å². The lowest BCUT2D eigenvalue weighted by Crippen LogP contribution is -2.18. The monoisotopic (exact) mass is 505 g/mol. The number of carbonyl (C=O) groups is 2. The molecule has 0 atom stereocenters. The van der Waals surface area contributed by atoms with Gasteiger partial charge in [-0.25, -0.2) is 0 Å². The number of amides is 2. The highest BCUT2D eigenvalue weighted by atomic mass is 32.1. The van der Waals surface area contributed by atoms with Crippen molar-refractivity contribution in [1.29, 1.82) is 10.5 Å². The molecule has 2 aromatic carbocycles. The predicted molar refractivity (Wildman–Crippen MR) is 145 cm³/mol. The van der Waals surface area contributed by atoms with Gasteiger partial charge in [-0.2, -0.15) is 10.5 Å². The second kappa shape index (κ2) is 10.5. The van der Waals surface area contributed by atoms with Crippen LogP contribution in [0.25, 0.3) is 17.0 Å². The average Bonchev–Trinajstić information content (AvgIpc) is 3.44. The summed E-state index contributed by atoms with van der Waals surface area (Å²) in [5, 5.41) is 26.5. The van der Waals surface area contributed by atoms with Gasteiger partial charge in [0.15, 0.2) is 0 Å². The number of fused-ring (bicyclic) bond motifs is 2. The maximum Gasteiger partial charge on any atom is 0.266 e. The van der Waals surface area contributed by atoms with Gasteiger partial charge in [-0.1, -0.05) is 36.4 Å². The molecule has 8 heteroatoms. The largest absolute Gasteiger partial charge is 0.337 e. The molecule has 0 saturated heterocycles. The predicted octanol–water partition coefficient (Wildman–Crippen LogP) is 5.64. The Bertz CT molecular complexity index is 1620. The molecular weight excluding hydrogens is 482 g/mol. The normalized spacial score (nSPS) is 12.9. The van der Waals surface area contributed by atoms with E-state index in [2.05, 4.69) is 16.7 Å². The van der Waals surface area contributed by atoms with Gasteiger partial charge in [-0.15, -0.1) is 11.3 Å². The van der Waals surface area contributed by atoms with Crippen LogP contribution in [0.3, 0.4) is 0 Å². The molecule has 0 unspecified atom stereocenters. The number of aryl methyl sites for hydroxylation is 1. The number of anilines is 2. The maximum atomic E-state index is 13.1. The molecule has 0 fully saturated rings. The number of thiophene rings is 1. The minimum absolute atomic E-state index is 0.0730. The summed E-state index contributed by atoms with van der Waals surface area (Å²) < 4.78 is 1.80. The Kier molecular flexibility index (Phi) is 6.85. The second-order valence-electron chi connectivity index (χ2n) is 8.79. The number of nitrogens with zero attached hydrogens (tertiary/aromatic N) is 3. The molecule has 2 N–H and O–H groups in total. The van der Waals surface area contributed by atoms with Crippen LogP contribution in [0.4, 0.5) is 10.7 Å². The fourth-order valence-electron chi connectivity index (χ4n) is 4.64. The first-order chi connectivity index (χ1) is 18.1. The molecule has 2 aromatic heterocycles. The fraction of sp³-hybridized carbons (Fsp3) is 0.172. The van der Waals surface area contributed by atoms with Crippen LogP contribution in [-0.4, -0.2) is 16.4 Å². The number of aromatic nitrogens is 1. The van der Waals surface area contributed by atoms with Gasteiger partial charge in [0, 0.05) is 33.2 Å². The van der Waals surface area contributed by atoms with E-state index in [0.29, 0.717) is 21.8 Å². The minimum Gasteiger partial charge on any atom is -0.337 e. The van der Waals surface area contributed by atoms with Crippen molar-refractivity contribution in [3.8, 4) is 12.1 Å². The summed E-state index contributed by atoms with van der Waals surface area (Å²) in [7, 11) is 0. The van der Waals surface area contributed by atoms with E-state index >= 15 is 0 Å². The number of nitriles is 2. The molecule has 182 valence electrons. The average molecular weight is 506 g/mol. The molecule has 7 nitrogen and oxygen atoms in total. The zero-order chi connectivity index (χ0) is 25.8. The molecule has 37 heavy (non-hydrogen) atoms. The van der Waals surface area contributed by atoms with Crippen LogP contribution in [0.5, 0.6) is 0 Å². The number of rotatable bonds is 6. The van der Waals surface area contributed by atoms with Gasteiger partial charge in [-0.3, -0.25) is 9.59 Å². The molecule has 2 heterocycles. The lowest BCUT2D eigenvalue weighted by atomic mass is 9.96. The van der Waals surface area contributed by atoms with Crippen LogP contribution in [0, 0.1) is 22.7 Å². The Balaban J connectivity index is 1.41. The smallest absolute Gasteiger partial charge is 0.266 e. The fourth-order valence-corrected chi connectivity index (χ4v) is 5.88. The van der Waals surface area contributed by atoms with Gasteiger partial charge in [0.2, 0.25) is 5.91 Å². The van der Waals surface area contributed by atoms with Crippen molar-refractivity contribution >= 4 is 50.8 Å². The van der Waals surface area contributed by atoms with Gasteiger partial charge in [0.1, 0.15) is 29.3 Å². The number of hydrogen-bond acceptors (Lipinski definition) is 5. The highest BCUT2D eigenvalue weighted by Gasteiger charge is 2.23. The Hall–Kier alpha value is -4.66. The van der Waals surface area contributed by atoms with Gasteiger partial charge in [0.25, 0.3) is 5.91 Å². The number of nitrogens with one attached hydrogen (secondary N) is 2. The summed E-state index contributed by atoms with van der Waals surface area (Å²) in [6.45, 7) is 0.0730. The van der Waals surface area contributed by atoms with Crippen molar-refractivity contribution in [3.05, 3.63) is 87.9 Å². The van der Waals surface area contributed by atoms with E-state index in [4.69, 9.17) is 0 Å². The first kappa shape index (κ1) is 24.1. The van der Waals surface area contributed by atoms with Gasteiger partial charge < -0.3 is 15.2 Å². The molecule has 5 rings (SSSR count). The van der Waals surface area contributed by atoms with Crippen molar-refractivity contribution in [1.82, 2.24) is 4.57 Å². The van der Waals surface area contributed by atoms with Gasteiger partial charge in [-0.05, 0) is 55.5 Å². The Morgan fingerprint density at radius 1 is 1.00 bits per heavy atom. The quantitative estimate of drug-likeness (QED) is 0.261. The summed E-state index contributed by atoms with van der Waals surface area (Å²) in [5.74, 6) is -0.748. The van der Waals surface area contributed by atoms with E-state index < -0.39 is 5.91 Å². The van der Waals surface area contributed by atoms with E-state index in [1.807, 2.05) is 60.7 Å². The molecule has 2 amide bonds. The van der Waals surface area contributed by atoms with Crippen molar-refractivity contribution in [3.63, 3.8) is 0 Å². The summed E-state index contributed by atoms with van der Waals surface area (Å²) in [5.41, 5.74) is 3.62. The Morgan fingerprint density at radius 3 is 2.54 bits per heavy atom. The lowest BCUT2D eigenvalue weighted by molar-refractivity contribution is -0.116. The molecule has 0 radical (unpaired) electrons. The Morgan fingerprint density at radius 2 is 1.76 bits per heavy atom. The molecule has 1 aliphatic rings. The summed E-state index contributed by atoms with van der Waals surface area (Å²) in [6.07, 6.45) is 7.14. The van der Waals surface area contributed by atoms with E-state index in [-0.39, 0.29) is 18.0 Å². The SMILES string of the molecule is N#C/C(=C\c1cn(CC(=O)Nc2ccccc2)c2ccccc12)C(=O)Nc1sc2c(c1C#N)CCCC2. The topological polar surface area (TPSA) is 111 Å². The first-order valence-electron chi connectivity index (χ1n) is 12.0. The number of para-hydroxylation sites is 2. The summed E-state index contributed by atoms with van der Waals surface area (Å²) in [6, 6.07) is 21.0. The number of hydrogen-bond donors (Lipinski definition) is 2. The van der Waals surface area contributed by atoms with E-state index in [9.17, 15) is 20.1 Å².